The van der Waals surface area contributed by atoms with E-state index in [1.165, 1.54) is 7.11 Å². The van der Waals surface area contributed by atoms with Gasteiger partial charge in [0.15, 0.2) is 0 Å². The first-order valence-corrected chi connectivity index (χ1v) is 11.8. The molecule has 36 heavy (non-hydrogen) atoms. The highest BCUT2D eigenvalue weighted by Gasteiger charge is 2.31. The quantitative estimate of drug-likeness (QED) is 0.674. The summed E-state index contributed by atoms with van der Waals surface area (Å²) < 4.78 is 16.7. The average Bonchev–Trinajstić information content (AvgIpc) is 2.88. The van der Waals surface area contributed by atoms with Gasteiger partial charge < -0.3 is 29.3 Å². The molecule has 1 N–H and O–H groups in total. The summed E-state index contributed by atoms with van der Waals surface area (Å²) in [5, 5.41) is 2.72. The van der Waals surface area contributed by atoms with E-state index in [1.54, 1.807) is 66.6 Å². The Morgan fingerprint density at radius 2 is 1.94 bits per heavy atom. The maximum Gasteiger partial charge on any atom is 0.272 e. The summed E-state index contributed by atoms with van der Waals surface area (Å²) >= 11 is 0. The number of fused-ring (bicyclic) bond motifs is 1. The number of hydrogen-bond donors (Lipinski definition) is 1. The molecule has 0 unspecified atom stereocenters. The van der Waals surface area contributed by atoms with Crippen molar-refractivity contribution in [1.82, 2.24) is 14.8 Å². The van der Waals surface area contributed by atoms with E-state index in [0.29, 0.717) is 35.8 Å². The van der Waals surface area contributed by atoms with Crippen LogP contribution in [0.25, 0.3) is 0 Å². The van der Waals surface area contributed by atoms with Crippen LogP contribution in [-0.4, -0.2) is 92.2 Å². The monoisotopic (exact) mass is 498 g/mol. The first-order chi connectivity index (χ1) is 17.2. The van der Waals surface area contributed by atoms with Gasteiger partial charge in [-0.2, -0.15) is 0 Å². The molecule has 0 aliphatic carbocycles. The van der Waals surface area contributed by atoms with E-state index < -0.39 is 0 Å². The summed E-state index contributed by atoms with van der Waals surface area (Å²) in [6.45, 7) is 4.64. The van der Waals surface area contributed by atoms with Crippen molar-refractivity contribution < 1.29 is 28.6 Å². The number of carbonyl (C=O) groups excluding carboxylic acids is 3. The summed E-state index contributed by atoms with van der Waals surface area (Å²) in [7, 11) is 4.72. The van der Waals surface area contributed by atoms with Gasteiger partial charge in [-0.3, -0.25) is 19.4 Å². The third-order valence-corrected chi connectivity index (χ3v) is 6.15. The second-order valence-electron chi connectivity index (χ2n) is 8.96. The van der Waals surface area contributed by atoms with Crippen LogP contribution in [0.3, 0.4) is 0 Å². The average molecular weight is 499 g/mol. The topological polar surface area (TPSA) is 110 Å². The molecule has 10 nitrogen and oxygen atoms in total. The van der Waals surface area contributed by atoms with Crippen LogP contribution >= 0.6 is 0 Å². The zero-order valence-corrected chi connectivity index (χ0v) is 21.4. The number of carbonyl (C=O) groups is 3. The van der Waals surface area contributed by atoms with E-state index in [1.807, 2.05) is 13.8 Å². The van der Waals surface area contributed by atoms with Crippen LogP contribution in [0.15, 0.2) is 42.6 Å². The van der Waals surface area contributed by atoms with Crippen molar-refractivity contribution >= 4 is 23.4 Å². The lowest BCUT2D eigenvalue weighted by Crippen LogP contribution is -2.48. The lowest BCUT2D eigenvalue weighted by molar-refractivity contribution is -0.119. The third kappa shape index (κ3) is 6.58. The van der Waals surface area contributed by atoms with Gasteiger partial charge in [0.05, 0.1) is 17.7 Å². The molecule has 2 heterocycles. The minimum atomic E-state index is -0.335. The summed E-state index contributed by atoms with van der Waals surface area (Å²) in [4.78, 5) is 46.3. The zero-order chi connectivity index (χ0) is 26.2. The minimum Gasteiger partial charge on any atom is -0.491 e. The molecule has 2 aromatic rings. The van der Waals surface area contributed by atoms with E-state index >= 15 is 0 Å². The predicted octanol–water partition coefficient (Wildman–Crippen LogP) is 2.31. The molecule has 0 spiro atoms. The van der Waals surface area contributed by atoms with Gasteiger partial charge in [0, 0.05) is 52.2 Å². The molecule has 194 valence electrons. The molecule has 3 amide bonds. The maximum absolute atomic E-state index is 13.4. The fourth-order valence-electron chi connectivity index (χ4n) is 4.10. The van der Waals surface area contributed by atoms with Crippen molar-refractivity contribution in [3.05, 3.63) is 53.9 Å². The van der Waals surface area contributed by atoms with Crippen LogP contribution in [0.4, 0.5) is 5.69 Å². The molecule has 1 aromatic heterocycles. The van der Waals surface area contributed by atoms with Gasteiger partial charge in [0.1, 0.15) is 24.7 Å². The predicted molar refractivity (Wildman–Crippen MR) is 134 cm³/mol. The highest BCUT2D eigenvalue weighted by Crippen LogP contribution is 2.26. The van der Waals surface area contributed by atoms with Gasteiger partial charge in [0.2, 0.25) is 5.91 Å². The number of pyridine rings is 1. The van der Waals surface area contributed by atoms with E-state index in [-0.39, 0.29) is 49.0 Å². The number of benzene rings is 1. The van der Waals surface area contributed by atoms with E-state index in [4.69, 9.17) is 14.2 Å². The number of nitrogens with zero attached hydrogens (tertiary/aromatic N) is 3. The summed E-state index contributed by atoms with van der Waals surface area (Å²) in [5.74, 6) is -0.531. The fraction of sp³-hybridized carbons (Fsp3) is 0.462. The number of anilines is 1. The van der Waals surface area contributed by atoms with Gasteiger partial charge in [-0.1, -0.05) is 13.0 Å². The van der Waals surface area contributed by atoms with E-state index in [0.717, 1.165) is 0 Å². The Hall–Kier alpha value is -3.50. The smallest absolute Gasteiger partial charge is 0.272 e. The van der Waals surface area contributed by atoms with E-state index in [2.05, 4.69) is 10.3 Å². The van der Waals surface area contributed by atoms with Crippen LogP contribution < -0.4 is 10.1 Å². The van der Waals surface area contributed by atoms with Crippen LogP contribution in [-0.2, 0) is 14.3 Å². The molecule has 1 aliphatic rings. The molecule has 10 heteroatoms. The number of methoxy groups -OCH3 is 2. The van der Waals surface area contributed by atoms with Crippen molar-refractivity contribution in [1.29, 1.82) is 0 Å². The van der Waals surface area contributed by atoms with Crippen molar-refractivity contribution in [2.45, 2.75) is 26.0 Å². The molecule has 0 saturated heterocycles. The molecule has 3 rings (SSSR count). The van der Waals surface area contributed by atoms with Gasteiger partial charge in [-0.25, -0.2) is 0 Å². The maximum atomic E-state index is 13.4. The third-order valence-electron chi connectivity index (χ3n) is 6.15. The van der Waals surface area contributed by atoms with E-state index in [9.17, 15) is 14.4 Å². The molecule has 1 aromatic carbocycles. The molecular formula is C26H34N4O6. The van der Waals surface area contributed by atoms with Crippen molar-refractivity contribution in [2.75, 3.05) is 52.9 Å². The second-order valence-corrected chi connectivity index (χ2v) is 8.96. The van der Waals surface area contributed by atoms with Crippen molar-refractivity contribution in [3.63, 3.8) is 0 Å². The van der Waals surface area contributed by atoms with Crippen LogP contribution in [0.5, 0.6) is 5.75 Å². The van der Waals surface area contributed by atoms with Gasteiger partial charge >= 0.3 is 0 Å². The lowest BCUT2D eigenvalue weighted by atomic mass is 10.0. The Labute approximate surface area is 211 Å². The Kier molecular flexibility index (Phi) is 9.38. The number of rotatable bonds is 5. The lowest BCUT2D eigenvalue weighted by Gasteiger charge is -2.36. The molecule has 3 atom stereocenters. The largest absolute Gasteiger partial charge is 0.491 e. The molecule has 1 aliphatic heterocycles. The summed E-state index contributed by atoms with van der Waals surface area (Å²) in [6, 6.07) is 9.79. The Morgan fingerprint density at radius 3 is 2.61 bits per heavy atom. The fourth-order valence-corrected chi connectivity index (χ4v) is 4.10. The van der Waals surface area contributed by atoms with Crippen LogP contribution in [0.1, 0.15) is 34.7 Å². The second kappa shape index (κ2) is 12.5. The zero-order valence-electron chi connectivity index (χ0n) is 21.4. The van der Waals surface area contributed by atoms with Crippen LogP contribution in [0.2, 0.25) is 0 Å². The summed E-state index contributed by atoms with van der Waals surface area (Å²) in [6.07, 6.45) is 1.27. The number of hydrogen-bond acceptors (Lipinski definition) is 7. The molecule has 0 radical (unpaired) electrons. The van der Waals surface area contributed by atoms with Crippen molar-refractivity contribution in [3.8, 4) is 5.75 Å². The Morgan fingerprint density at radius 1 is 1.17 bits per heavy atom. The minimum absolute atomic E-state index is 0.0843. The normalized spacial score (nSPS) is 21.0. The number of nitrogens with one attached hydrogen (secondary N) is 1. The highest BCUT2D eigenvalue weighted by molar-refractivity contribution is 5.99. The molecule has 0 fully saturated rings. The standard InChI is InChI=1S/C26H34N4O6/c1-17-13-30(26(33)21-8-6-7-11-27-21)18(2)15-36-22-10-9-19(28-24(31)16-34-4)12-20(22)25(32)29(3)14-23(17)35-5/h6-12,17-18,23H,13-16H2,1-5H3,(H,28,31)/t17-,18-,23-/m0/s1. The first kappa shape index (κ1) is 27.1. The van der Waals surface area contributed by atoms with Crippen LogP contribution in [0, 0.1) is 5.92 Å². The van der Waals surface area contributed by atoms with Crippen molar-refractivity contribution in [2.24, 2.45) is 5.92 Å². The molecule has 0 bridgehead atoms. The summed E-state index contributed by atoms with van der Waals surface area (Å²) in [5.41, 5.74) is 1.09. The number of ether oxygens (including phenoxy) is 3. The first-order valence-electron chi connectivity index (χ1n) is 11.8. The Bertz CT molecular complexity index is 1060. The van der Waals surface area contributed by atoms with Gasteiger partial charge in [-0.15, -0.1) is 0 Å². The molecule has 0 saturated carbocycles. The Balaban J connectivity index is 1.96. The van der Waals surface area contributed by atoms with Gasteiger partial charge in [-0.05, 0) is 37.3 Å². The molecular weight excluding hydrogens is 464 g/mol. The SMILES string of the molecule is COCC(=O)Nc1ccc2c(c1)C(=O)N(C)C[C@H](OC)[C@@H](C)CN(C(=O)c1ccccn1)[C@@H](C)CO2. The highest BCUT2D eigenvalue weighted by atomic mass is 16.5. The van der Waals surface area contributed by atoms with Gasteiger partial charge in [0.25, 0.3) is 11.8 Å². The number of amides is 3. The number of likely N-dealkylation sites (N-methyl/N-ethyl adjacent to an activating group) is 1. The number of aromatic nitrogens is 1.